The van der Waals surface area contributed by atoms with Gasteiger partial charge in [0, 0.05) is 16.0 Å². The van der Waals surface area contributed by atoms with Crippen molar-refractivity contribution in [1.29, 1.82) is 0 Å². The van der Waals surface area contributed by atoms with Crippen LogP contribution >= 0.6 is 15.9 Å². The van der Waals surface area contributed by atoms with Crippen LogP contribution in [0, 0.1) is 11.8 Å². The fraction of sp³-hybridized carbons (Fsp3) is 0.375. The Kier molecular flexibility index (Phi) is 5.12. The molecule has 3 heterocycles. The Bertz CT molecular complexity index is 1150. The van der Waals surface area contributed by atoms with E-state index in [0.29, 0.717) is 17.2 Å². The van der Waals surface area contributed by atoms with E-state index in [2.05, 4.69) is 15.9 Å². The first-order chi connectivity index (χ1) is 15.8. The number of rotatable bonds is 4. The number of ether oxygens (including phenoxy) is 3. The van der Waals surface area contributed by atoms with E-state index in [1.165, 1.54) is 0 Å². The van der Waals surface area contributed by atoms with Gasteiger partial charge >= 0.3 is 12.0 Å². The van der Waals surface area contributed by atoms with Gasteiger partial charge in [0.2, 0.25) is 0 Å². The molecule has 3 aliphatic heterocycles. The Balaban J connectivity index is 1.66. The largest absolute Gasteiger partial charge is 0.497 e. The van der Waals surface area contributed by atoms with Gasteiger partial charge in [0.25, 0.3) is 5.91 Å². The van der Waals surface area contributed by atoms with Gasteiger partial charge in [0.05, 0.1) is 38.0 Å². The van der Waals surface area contributed by atoms with E-state index >= 15 is 0 Å². The highest BCUT2D eigenvalue weighted by molar-refractivity contribution is 9.10. The number of urea groups is 1. The van der Waals surface area contributed by atoms with Gasteiger partial charge in [-0.2, -0.15) is 0 Å². The quantitative estimate of drug-likeness (QED) is 0.453. The van der Waals surface area contributed by atoms with E-state index in [1.54, 1.807) is 50.1 Å². The summed E-state index contributed by atoms with van der Waals surface area (Å²) < 4.78 is 17.4. The fourth-order valence-electron chi connectivity index (χ4n) is 5.42. The summed E-state index contributed by atoms with van der Waals surface area (Å²) in [5.41, 5.74) is -0.232. The molecule has 0 saturated carbocycles. The van der Waals surface area contributed by atoms with Gasteiger partial charge in [-0.05, 0) is 56.3 Å². The molecule has 3 amide bonds. The summed E-state index contributed by atoms with van der Waals surface area (Å²) in [6.07, 6.45) is 0. The lowest BCUT2D eigenvalue weighted by molar-refractivity contribution is -0.154. The maximum Gasteiger partial charge on any atom is 0.332 e. The zero-order valence-electron chi connectivity index (χ0n) is 18.4. The number of benzene rings is 2. The van der Waals surface area contributed by atoms with E-state index < -0.39 is 41.3 Å². The predicted molar refractivity (Wildman–Crippen MR) is 122 cm³/mol. The van der Waals surface area contributed by atoms with Crippen LogP contribution in [0.25, 0.3) is 0 Å². The summed E-state index contributed by atoms with van der Waals surface area (Å²) in [7, 11) is 1.54. The number of halogens is 1. The molecule has 2 fully saturated rings. The highest BCUT2D eigenvalue weighted by atomic mass is 79.9. The van der Waals surface area contributed by atoms with Crippen LogP contribution in [0.15, 0.2) is 46.9 Å². The number of amides is 3. The predicted octanol–water partition coefficient (Wildman–Crippen LogP) is 3.93. The molecule has 33 heavy (non-hydrogen) atoms. The van der Waals surface area contributed by atoms with Gasteiger partial charge in [0.1, 0.15) is 17.0 Å². The van der Waals surface area contributed by atoms with Crippen molar-refractivity contribution in [3.63, 3.8) is 0 Å². The molecule has 5 rings (SSSR count). The van der Waals surface area contributed by atoms with Crippen molar-refractivity contribution in [2.24, 2.45) is 11.8 Å². The number of carbonyl (C=O) groups is 3. The molecular weight excluding hydrogens is 492 g/mol. The van der Waals surface area contributed by atoms with Crippen molar-refractivity contribution in [3.05, 3.63) is 52.5 Å². The number of methoxy groups -OCH3 is 1. The second kappa shape index (κ2) is 7.76. The molecule has 172 valence electrons. The van der Waals surface area contributed by atoms with Crippen molar-refractivity contribution in [3.8, 4) is 11.5 Å². The molecule has 0 radical (unpaired) electrons. The van der Waals surface area contributed by atoms with Gasteiger partial charge in [-0.3, -0.25) is 9.59 Å². The van der Waals surface area contributed by atoms with Crippen molar-refractivity contribution in [2.75, 3.05) is 25.2 Å². The third-order valence-electron chi connectivity index (χ3n) is 6.84. The number of fused-ring (bicyclic) bond motifs is 5. The first-order valence-corrected chi connectivity index (χ1v) is 11.5. The van der Waals surface area contributed by atoms with Crippen molar-refractivity contribution in [1.82, 2.24) is 4.90 Å². The molecule has 3 aliphatic rings. The van der Waals surface area contributed by atoms with Gasteiger partial charge in [-0.15, -0.1) is 0 Å². The molecule has 9 heteroatoms. The molecule has 0 bridgehead atoms. The van der Waals surface area contributed by atoms with E-state index in [0.717, 1.165) is 14.9 Å². The minimum absolute atomic E-state index is 0.177. The summed E-state index contributed by atoms with van der Waals surface area (Å²) >= 11 is 3.49. The van der Waals surface area contributed by atoms with E-state index in [9.17, 15) is 14.4 Å². The van der Waals surface area contributed by atoms with Crippen LogP contribution in [0.2, 0.25) is 0 Å². The smallest absolute Gasteiger partial charge is 0.332 e. The average molecular weight is 515 g/mol. The third kappa shape index (κ3) is 2.98. The Hall–Kier alpha value is -3.07. The molecule has 8 nitrogen and oxygen atoms in total. The maximum atomic E-state index is 13.9. The zero-order chi connectivity index (χ0) is 23.5. The van der Waals surface area contributed by atoms with Gasteiger partial charge in [0.15, 0.2) is 0 Å². The lowest BCUT2D eigenvalue weighted by atomic mass is 9.77. The summed E-state index contributed by atoms with van der Waals surface area (Å²) in [6, 6.07) is 11.3. The summed E-state index contributed by atoms with van der Waals surface area (Å²) in [6.45, 7) is 3.77. The molecule has 0 spiro atoms. The van der Waals surface area contributed by atoms with Gasteiger partial charge in [-0.1, -0.05) is 15.9 Å². The third-order valence-corrected chi connectivity index (χ3v) is 7.34. The first kappa shape index (κ1) is 21.8. The molecule has 0 aromatic heterocycles. The highest BCUT2D eigenvalue weighted by Crippen LogP contribution is 2.58. The van der Waals surface area contributed by atoms with Gasteiger partial charge < -0.3 is 19.1 Å². The SMILES string of the molecule is CCOC(=O)C1C2COc3ccc(Br)cc3C2N2C(=O)N(c3ccc(OC)cc3)C(=O)[C@@]12C. The summed E-state index contributed by atoms with van der Waals surface area (Å²) in [5.74, 6) is -0.998. The number of imide groups is 1. The summed E-state index contributed by atoms with van der Waals surface area (Å²) in [5, 5.41) is 0. The number of hydrogen-bond acceptors (Lipinski definition) is 6. The molecule has 2 aromatic carbocycles. The van der Waals surface area contributed by atoms with Crippen molar-refractivity contribution in [2.45, 2.75) is 25.4 Å². The number of esters is 1. The van der Waals surface area contributed by atoms with Crippen LogP contribution in [0.3, 0.4) is 0 Å². The average Bonchev–Trinajstić information content (AvgIpc) is 3.19. The van der Waals surface area contributed by atoms with E-state index in [4.69, 9.17) is 14.2 Å². The van der Waals surface area contributed by atoms with Crippen LogP contribution in [0.5, 0.6) is 11.5 Å². The fourth-order valence-corrected chi connectivity index (χ4v) is 5.80. The highest BCUT2D eigenvalue weighted by Gasteiger charge is 2.72. The van der Waals surface area contributed by atoms with Crippen molar-refractivity contribution < 1.29 is 28.6 Å². The number of anilines is 1. The molecule has 4 atom stereocenters. The Morgan fingerprint density at radius 2 is 1.94 bits per heavy atom. The zero-order valence-corrected chi connectivity index (χ0v) is 20.0. The van der Waals surface area contributed by atoms with E-state index in [-0.39, 0.29) is 13.2 Å². The number of hydrogen-bond donors (Lipinski definition) is 0. The lowest BCUT2D eigenvalue weighted by Crippen LogP contribution is -2.51. The number of nitrogens with zero attached hydrogens (tertiary/aromatic N) is 2. The maximum absolute atomic E-state index is 13.9. The van der Waals surface area contributed by atoms with Gasteiger partial charge in [-0.25, -0.2) is 9.69 Å². The standard InChI is InChI=1S/C24H23BrN2O6/c1-4-32-21(28)19-17-12-33-18-10-5-13(25)11-16(18)20(17)27-23(30)26(22(29)24(19,27)2)14-6-8-15(31-3)9-7-14/h5-11,17,19-20H,4,12H2,1-3H3/t17?,19?,20?,24-/m1/s1. The summed E-state index contributed by atoms with van der Waals surface area (Å²) in [4.78, 5) is 43.6. The first-order valence-electron chi connectivity index (χ1n) is 10.7. The molecule has 0 aliphatic carbocycles. The van der Waals surface area contributed by atoms with E-state index in [1.807, 2.05) is 18.2 Å². The second-order valence-electron chi connectivity index (χ2n) is 8.47. The topological polar surface area (TPSA) is 85.4 Å². The molecule has 3 unspecified atom stereocenters. The minimum Gasteiger partial charge on any atom is -0.497 e. The van der Waals surface area contributed by atoms with Crippen LogP contribution in [-0.2, 0) is 14.3 Å². The van der Waals surface area contributed by atoms with Crippen LogP contribution in [-0.4, -0.2) is 48.7 Å². The minimum atomic E-state index is -1.41. The Labute approximate surface area is 199 Å². The molecule has 2 aromatic rings. The van der Waals surface area contributed by atoms with Crippen LogP contribution in [0.1, 0.15) is 25.5 Å². The normalized spacial score (nSPS) is 27.6. The number of carbonyl (C=O) groups excluding carboxylic acids is 3. The monoisotopic (exact) mass is 514 g/mol. The molecule has 2 saturated heterocycles. The van der Waals surface area contributed by atoms with Crippen LogP contribution < -0.4 is 14.4 Å². The van der Waals surface area contributed by atoms with Crippen molar-refractivity contribution >= 4 is 39.5 Å². The van der Waals surface area contributed by atoms with Crippen LogP contribution in [0.4, 0.5) is 10.5 Å². The Morgan fingerprint density at radius 1 is 1.21 bits per heavy atom. The molecule has 0 N–H and O–H groups in total. The lowest BCUT2D eigenvalue weighted by Gasteiger charge is -2.34. The Morgan fingerprint density at radius 3 is 2.61 bits per heavy atom. The second-order valence-corrected chi connectivity index (χ2v) is 9.39. The molecular formula is C24H23BrN2O6.